The highest BCUT2D eigenvalue weighted by molar-refractivity contribution is 7.92. The summed E-state index contributed by atoms with van der Waals surface area (Å²) in [7, 11) is -2.00. The van der Waals surface area contributed by atoms with E-state index in [1.807, 2.05) is 19.1 Å². The third-order valence-electron chi connectivity index (χ3n) is 4.07. The van der Waals surface area contributed by atoms with Gasteiger partial charge in [-0.15, -0.1) is 0 Å². The second-order valence-corrected chi connectivity index (χ2v) is 8.07. The number of hydrogen-bond acceptors (Lipinski definition) is 5. The summed E-state index contributed by atoms with van der Waals surface area (Å²) in [6.45, 7) is 2.26. The molecule has 0 bridgehead atoms. The molecule has 152 valence electrons. The molecule has 0 saturated heterocycles. The first-order valence-electron chi connectivity index (χ1n) is 8.93. The van der Waals surface area contributed by atoms with Gasteiger partial charge >= 0.3 is 0 Å². The van der Waals surface area contributed by atoms with Crippen LogP contribution in [0, 0.1) is 0 Å². The van der Waals surface area contributed by atoms with E-state index >= 15 is 0 Å². The van der Waals surface area contributed by atoms with Crippen LogP contribution in [0.3, 0.4) is 0 Å². The average Bonchev–Trinajstić information content (AvgIpc) is 2.69. The SMILES string of the molecule is CCc1ccc(N(CC(=O)NCCOc2ccc(OC)cc2)S(C)(=O)=O)cc1. The van der Waals surface area contributed by atoms with Gasteiger partial charge in [-0.3, -0.25) is 9.10 Å². The van der Waals surface area contributed by atoms with Crippen LogP contribution in [0.5, 0.6) is 11.5 Å². The van der Waals surface area contributed by atoms with Crippen LogP contribution in [0.1, 0.15) is 12.5 Å². The van der Waals surface area contributed by atoms with Crippen LogP contribution in [0.25, 0.3) is 0 Å². The monoisotopic (exact) mass is 406 g/mol. The van der Waals surface area contributed by atoms with Gasteiger partial charge in [0.1, 0.15) is 24.7 Å². The van der Waals surface area contributed by atoms with Crippen molar-refractivity contribution in [2.24, 2.45) is 0 Å². The third kappa shape index (κ3) is 6.45. The number of benzene rings is 2. The van der Waals surface area contributed by atoms with Gasteiger partial charge in [-0.2, -0.15) is 0 Å². The Labute approximate surface area is 166 Å². The third-order valence-corrected chi connectivity index (χ3v) is 5.21. The Morgan fingerprint density at radius 3 is 2.18 bits per heavy atom. The van der Waals surface area contributed by atoms with Crippen molar-refractivity contribution in [1.82, 2.24) is 5.32 Å². The Bertz CT molecular complexity index is 864. The number of ether oxygens (including phenoxy) is 2. The normalized spacial score (nSPS) is 11.0. The van der Waals surface area contributed by atoms with Crippen LogP contribution >= 0.6 is 0 Å². The number of sulfonamides is 1. The average molecular weight is 407 g/mol. The number of anilines is 1. The maximum absolute atomic E-state index is 12.2. The molecule has 28 heavy (non-hydrogen) atoms. The summed E-state index contributed by atoms with van der Waals surface area (Å²) < 4.78 is 35.9. The predicted molar refractivity (Wildman–Crippen MR) is 110 cm³/mol. The number of methoxy groups -OCH3 is 1. The van der Waals surface area contributed by atoms with Gasteiger partial charge in [0.25, 0.3) is 0 Å². The minimum absolute atomic E-state index is 0.261. The Morgan fingerprint density at radius 1 is 1.04 bits per heavy atom. The van der Waals surface area contributed by atoms with Crippen LogP contribution in [0.2, 0.25) is 0 Å². The van der Waals surface area contributed by atoms with Gasteiger partial charge in [-0.05, 0) is 48.4 Å². The summed E-state index contributed by atoms with van der Waals surface area (Å²) in [5, 5.41) is 2.68. The first-order chi connectivity index (χ1) is 13.3. The van der Waals surface area contributed by atoms with Crippen LogP contribution in [0.4, 0.5) is 5.69 Å². The maximum Gasteiger partial charge on any atom is 0.240 e. The van der Waals surface area contributed by atoms with E-state index in [0.717, 1.165) is 28.3 Å². The van der Waals surface area contributed by atoms with Crippen molar-refractivity contribution in [3.63, 3.8) is 0 Å². The van der Waals surface area contributed by atoms with Crippen molar-refractivity contribution < 1.29 is 22.7 Å². The van der Waals surface area contributed by atoms with E-state index in [1.165, 1.54) is 0 Å². The number of amides is 1. The highest BCUT2D eigenvalue weighted by Crippen LogP contribution is 2.18. The summed E-state index contributed by atoms with van der Waals surface area (Å²) >= 11 is 0. The minimum Gasteiger partial charge on any atom is -0.497 e. The second-order valence-electron chi connectivity index (χ2n) is 6.16. The number of carbonyl (C=O) groups is 1. The molecule has 0 radical (unpaired) electrons. The number of hydrogen-bond donors (Lipinski definition) is 1. The standard InChI is InChI=1S/C20H26N2O5S/c1-4-16-5-7-17(8-6-16)22(28(3,24)25)15-20(23)21-13-14-27-19-11-9-18(26-2)10-12-19/h5-12H,4,13-15H2,1-3H3,(H,21,23). The highest BCUT2D eigenvalue weighted by atomic mass is 32.2. The first-order valence-corrected chi connectivity index (χ1v) is 10.8. The molecule has 0 fully saturated rings. The lowest BCUT2D eigenvalue weighted by Gasteiger charge is -2.22. The number of carbonyl (C=O) groups excluding carboxylic acids is 1. The van der Waals surface area contributed by atoms with Gasteiger partial charge < -0.3 is 14.8 Å². The topological polar surface area (TPSA) is 84.9 Å². The van der Waals surface area contributed by atoms with Crippen LogP contribution in [-0.2, 0) is 21.2 Å². The molecule has 0 heterocycles. The number of rotatable bonds is 10. The predicted octanol–water partition coefficient (Wildman–Crippen LogP) is 2.22. The smallest absolute Gasteiger partial charge is 0.240 e. The molecule has 2 aromatic carbocycles. The zero-order chi connectivity index (χ0) is 20.6. The van der Waals surface area contributed by atoms with Crippen LogP contribution in [0.15, 0.2) is 48.5 Å². The highest BCUT2D eigenvalue weighted by Gasteiger charge is 2.20. The lowest BCUT2D eigenvalue weighted by Crippen LogP contribution is -2.41. The van der Waals surface area contributed by atoms with E-state index in [0.29, 0.717) is 11.4 Å². The van der Waals surface area contributed by atoms with Crippen molar-refractivity contribution in [1.29, 1.82) is 0 Å². The summed E-state index contributed by atoms with van der Waals surface area (Å²) in [4.78, 5) is 12.2. The van der Waals surface area contributed by atoms with E-state index in [2.05, 4.69) is 5.32 Å². The van der Waals surface area contributed by atoms with Crippen molar-refractivity contribution >= 4 is 21.6 Å². The number of aryl methyl sites for hydroxylation is 1. The first kappa shape index (κ1) is 21.6. The summed E-state index contributed by atoms with van der Waals surface area (Å²) in [6.07, 6.45) is 1.94. The van der Waals surface area contributed by atoms with Gasteiger partial charge in [0.15, 0.2) is 0 Å². The zero-order valence-corrected chi connectivity index (χ0v) is 17.2. The summed E-state index contributed by atoms with van der Waals surface area (Å²) in [5.74, 6) is 0.987. The van der Waals surface area contributed by atoms with Crippen LogP contribution in [-0.4, -0.2) is 47.4 Å². The molecule has 0 aliphatic rings. The molecule has 0 saturated carbocycles. The fraction of sp³-hybridized carbons (Fsp3) is 0.350. The molecule has 0 aliphatic heterocycles. The molecular formula is C20H26N2O5S. The quantitative estimate of drug-likeness (QED) is 0.612. The van der Waals surface area contributed by atoms with Gasteiger partial charge in [-0.1, -0.05) is 19.1 Å². The molecule has 1 amide bonds. The molecule has 2 aromatic rings. The van der Waals surface area contributed by atoms with Crippen molar-refractivity contribution in [2.75, 3.05) is 37.4 Å². The zero-order valence-electron chi connectivity index (χ0n) is 16.3. The molecule has 0 spiro atoms. The van der Waals surface area contributed by atoms with Gasteiger partial charge in [0, 0.05) is 0 Å². The van der Waals surface area contributed by atoms with E-state index in [9.17, 15) is 13.2 Å². The minimum atomic E-state index is -3.58. The molecule has 1 N–H and O–H groups in total. The Balaban J connectivity index is 1.87. The van der Waals surface area contributed by atoms with Gasteiger partial charge in [0.05, 0.1) is 25.6 Å². The summed E-state index contributed by atoms with van der Waals surface area (Å²) in [6, 6.07) is 14.2. The lowest BCUT2D eigenvalue weighted by atomic mass is 10.1. The second kappa shape index (κ2) is 9.98. The fourth-order valence-corrected chi connectivity index (χ4v) is 3.37. The Morgan fingerprint density at radius 2 is 1.64 bits per heavy atom. The summed E-state index contributed by atoms with van der Waals surface area (Å²) in [5.41, 5.74) is 1.56. The molecule has 8 heteroatoms. The molecule has 7 nitrogen and oxygen atoms in total. The van der Waals surface area contributed by atoms with Gasteiger partial charge in [0.2, 0.25) is 15.9 Å². The number of nitrogens with zero attached hydrogens (tertiary/aromatic N) is 1. The number of nitrogens with one attached hydrogen (secondary N) is 1. The van der Waals surface area contributed by atoms with E-state index in [1.54, 1.807) is 43.5 Å². The fourth-order valence-electron chi connectivity index (χ4n) is 2.52. The van der Waals surface area contributed by atoms with E-state index in [4.69, 9.17) is 9.47 Å². The van der Waals surface area contributed by atoms with Crippen molar-refractivity contribution in [3.8, 4) is 11.5 Å². The Kier molecular flexibility index (Phi) is 7.69. The van der Waals surface area contributed by atoms with Crippen molar-refractivity contribution in [2.45, 2.75) is 13.3 Å². The van der Waals surface area contributed by atoms with Gasteiger partial charge in [-0.25, -0.2) is 8.42 Å². The molecule has 0 unspecified atom stereocenters. The molecule has 0 aromatic heterocycles. The van der Waals surface area contributed by atoms with Crippen molar-refractivity contribution in [3.05, 3.63) is 54.1 Å². The maximum atomic E-state index is 12.2. The van der Waals surface area contributed by atoms with E-state index < -0.39 is 15.9 Å². The molecule has 0 atom stereocenters. The molecule has 2 rings (SSSR count). The van der Waals surface area contributed by atoms with E-state index in [-0.39, 0.29) is 19.7 Å². The Hall–Kier alpha value is -2.74. The largest absolute Gasteiger partial charge is 0.497 e. The molecule has 0 aliphatic carbocycles. The molecular weight excluding hydrogens is 380 g/mol. The van der Waals surface area contributed by atoms with Crippen LogP contribution < -0.4 is 19.1 Å². The lowest BCUT2D eigenvalue weighted by molar-refractivity contribution is -0.119.